The van der Waals surface area contributed by atoms with Gasteiger partial charge in [0.25, 0.3) is 0 Å². The number of hydrogen-bond acceptors (Lipinski definition) is 6. The fourth-order valence-electron chi connectivity index (χ4n) is 4.69. The summed E-state index contributed by atoms with van der Waals surface area (Å²) in [5.41, 5.74) is 1.01. The summed E-state index contributed by atoms with van der Waals surface area (Å²) in [5.74, 6) is -0.453. The molecule has 0 saturated heterocycles. The number of fused-ring (bicyclic) bond motifs is 1. The lowest BCUT2D eigenvalue weighted by Crippen LogP contribution is -2.29. The number of hydrogen-bond donors (Lipinski definition) is 3. The second kappa shape index (κ2) is 8.37. The predicted molar refractivity (Wildman–Crippen MR) is 114 cm³/mol. The van der Waals surface area contributed by atoms with Crippen molar-refractivity contribution >= 4 is 28.7 Å². The number of halogens is 2. The summed E-state index contributed by atoms with van der Waals surface area (Å²) in [6, 6.07) is 4.15. The van der Waals surface area contributed by atoms with E-state index in [1.165, 1.54) is 18.2 Å². The average Bonchev–Trinajstić information content (AvgIpc) is 3.39. The van der Waals surface area contributed by atoms with E-state index in [4.69, 9.17) is 4.98 Å². The van der Waals surface area contributed by atoms with Gasteiger partial charge in [0.15, 0.2) is 5.65 Å². The second-order valence-electron chi connectivity index (χ2n) is 8.52. The Hall–Kier alpha value is -2.81. The fraction of sp³-hybridized carbons (Fsp3) is 0.500. The minimum absolute atomic E-state index is 0.162. The van der Waals surface area contributed by atoms with E-state index in [1.807, 2.05) is 4.57 Å². The molecule has 2 heterocycles. The summed E-state index contributed by atoms with van der Waals surface area (Å²) in [5, 5.41) is 16.0. The summed E-state index contributed by atoms with van der Waals surface area (Å²) in [6.45, 7) is 0. The standard InChI is InChI=1S/C22H26F2N6O/c23-16-6-3-7-17(24)19(16)28-22-27-18-12-25-21(26-13-8-10-15(31)11-9-13)29-20(18)30(22)14-4-1-2-5-14/h3,6-7,12-15,31H,1-2,4-5,8-11H2,(H,27,28)(H,25,26,29). The number of aromatic nitrogens is 4. The molecule has 2 aromatic heterocycles. The number of anilines is 3. The first kappa shape index (κ1) is 20.1. The predicted octanol–water partition coefficient (Wildman–Crippen LogP) is 4.68. The molecule has 2 fully saturated rings. The van der Waals surface area contributed by atoms with Gasteiger partial charge in [-0.2, -0.15) is 4.98 Å². The molecule has 2 aliphatic carbocycles. The van der Waals surface area contributed by atoms with Gasteiger partial charge in [0, 0.05) is 12.1 Å². The van der Waals surface area contributed by atoms with E-state index in [0.29, 0.717) is 23.1 Å². The molecule has 3 aromatic rings. The number of rotatable bonds is 5. The van der Waals surface area contributed by atoms with Gasteiger partial charge >= 0.3 is 0 Å². The molecule has 3 N–H and O–H groups in total. The summed E-state index contributed by atoms with van der Waals surface area (Å²) in [4.78, 5) is 13.7. The van der Waals surface area contributed by atoms with Crippen LogP contribution in [0.15, 0.2) is 24.4 Å². The van der Waals surface area contributed by atoms with Crippen LogP contribution in [0.4, 0.5) is 26.4 Å². The fourth-order valence-corrected chi connectivity index (χ4v) is 4.69. The number of benzene rings is 1. The van der Waals surface area contributed by atoms with E-state index in [0.717, 1.165) is 51.4 Å². The number of aliphatic hydroxyl groups is 1. The Bertz CT molecular complexity index is 1050. The highest BCUT2D eigenvalue weighted by Crippen LogP contribution is 2.36. The minimum Gasteiger partial charge on any atom is -0.393 e. The van der Waals surface area contributed by atoms with Crippen molar-refractivity contribution in [3.05, 3.63) is 36.0 Å². The Labute approximate surface area is 178 Å². The Morgan fingerprint density at radius 1 is 0.968 bits per heavy atom. The molecule has 31 heavy (non-hydrogen) atoms. The van der Waals surface area contributed by atoms with Gasteiger partial charge in [0.1, 0.15) is 22.8 Å². The molecule has 5 rings (SSSR count). The number of aliphatic hydroxyl groups excluding tert-OH is 1. The van der Waals surface area contributed by atoms with Crippen LogP contribution in [-0.2, 0) is 0 Å². The molecule has 0 bridgehead atoms. The van der Waals surface area contributed by atoms with Crippen LogP contribution in [0.1, 0.15) is 57.4 Å². The Balaban J connectivity index is 1.50. The third kappa shape index (κ3) is 4.06. The molecule has 0 atom stereocenters. The summed E-state index contributed by atoms with van der Waals surface area (Å²) in [6.07, 6.45) is 8.81. The number of para-hydroxylation sites is 1. The SMILES string of the molecule is OC1CCC(Nc2ncc3nc(Nc4c(F)cccc4F)n(C4CCCC4)c3n2)CC1. The molecule has 164 valence electrons. The molecule has 2 saturated carbocycles. The van der Waals surface area contributed by atoms with Crippen LogP contribution >= 0.6 is 0 Å². The van der Waals surface area contributed by atoms with Gasteiger partial charge in [-0.3, -0.25) is 4.57 Å². The van der Waals surface area contributed by atoms with Crippen LogP contribution in [0.5, 0.6) is 0 Å². The van der Waals surface area contributed by atoms with Crippen LogP contribution in [0.3, 0.4) is 0 Å². The van der Waals surface area contributed by atoms with E-state index in [1.54, 1.807) is 6.20 Å². The number of nitrogens with one attached hydrogen (secondary N) is 2. The molecular weight excluding hydrogens is 402 g/mol. The van der Waals surface area contributed by atoms with Crippen LogP contribution < -0.4 is 10.6 Å². The van der Waals surface area contributed by atoms with E-state index >= 15 is 0 Å². The Morgan fingerprint density at radius 2 is 1.68 bits per heavy atom. The second-order valence-corrected chi connectivity index (χ2v) is 8.52. The zero-order valence-electron chi connectivity index (χ0n) is 17.2. The van der Waals surface area contributed by atoms with Crippen molar-refractivity contribution in [2.24, 2.45) is 0 Å². The van der Waals surface area contributed by atoms with Crippen molar-refractivity contribution in [3.63, 3.8) is 0 Å². The maximum Gasteiger partial charge on any atom is 0.224 e. The van der Waals surface area contributed by atoms with Crippen molar-refractivity contribution in [1.29, 1.82) is 0 Å². The normalized spacial score (nSPS) is 22.2. The first-order chi connectivity index (χ1) is 15.1. The smallest absolute Gasteiger partial charge is 0.224 e. The maximum atomic E-state index is 14.3. The zero-order valence-corrected chi connectivity index (χ0v) is 17.2. The van der Waals surface area contributed by atoms with E-state index < -0.39 is 11.6 Å². The molecule has 9 heteroatoms. The third-order valence-electron chi connectivity index (χ3n) is 6.35. The largest absolute Gasteiger partial charge is 0.393 e. The van der Waals surface area contributed by atoms with Crippen LogP contribution in [-0.4, -0.2) is 36.8 Å². The van der Waals surface area contributed by atoms with Gasteiger partial charge < -0.3 is 15.7 Å². The molecule has 0 aliphatic heterocycles. The quantitative estimate of drug-likeness (QED) is 0.547. The van der Waals surface area contributed by atoms with Gasteiger partial charge in [-0.05, 0) is 50.7 Å². The third-order valence-corrected chi connectivity index (χ3v) is 6.35. The van der Waals surface area contributed by atoms with E-state index in [2.05, 4.69) is 20.6 Å². The number of nitrogens with zero attached hydrogens (tertiary/aromatic N) is 4. The van der Waals surface area contributed by atoms with Gasteiger partial charge in [-0.15, -0.1) is 0 Å². The van der Waals surface area contributed by atoms with Crippen LogP contribution in [0.2, 0.25) is 0 Å². The van der Waals surface area contributed by atoms with Gasteiger partial charge in [0.05, 0.1) is 12.3 Å². The van der Waals surface area contributed by atoms with Crippen LogP contribution in [0, 0.1) is 11.6 Å². The minimum atomic E-state index is -0.669. The average molecular weight is 428 g/mol. The Morgan fingerprint density at radius 3 is 2.39 bits per heavy atom. The van der Waals surface area contributed by atoms with Gasteiger partial charge in [-0.25, -0.2) is 18.7 Å². The lowest BCUT2D eigenvalue weighted by atomic mass is 9.93. The molecule has 0 radical (unpaired) electrons. The molecule has 0 unspecified atom stereocenters. The lowest BCUT2D eigenvalue weighted by Gasteiger charge is -2.26. The summed E-state index contributed by atoms with van der Waals surface area (Å²) >= 11 is 0. The van der Waals surface area contributed by atoms with Gasteiger partial charge in [0.2, 0.25) is 11.9 Å². The summed E-state index contributed by atoms with van der Waals surface area (Å²) < 4.78 is 30.5. The monoisotopic (exact) mass is 428 g/mol. The van der Waals surface area contributed by atoms with Crippen molar-refractivity contribution in [3.8, 4) is 0 Å². The van der Waals surface area contributed by atoms with Crippen molar-refractivity contribution in [2.45, 2.75) is 69.6 Å². The molecular formula is C22H26F2N6O. The van der Waals surface area contributed by atoms with Crippen molar-refractivity contribution in [1.82, 2.24) is 19.5 Å². The highest BCUT2D eigenvalue weighted by molar-refractivity contribution is 5.76. The number of imidazole rings is 1. The van der Waals surface area contributed by atoms with Gasteiger partial charge in [-0.1, -0.05) is 18.9 Å². The molecule has 0 spiro atoms. The highest BCUT2D eigenvalue weighted by Gasteiger charge is 2.26. The molecule has 1 aromatic carbocycles. The van der Waals surface area contributed by atoms with Crippen LogP contribution in [0.25, 0.3) is 11.2 Å². The lowest BCUT2D eigenvalue weighted by molar-refractivity contribution is 0.126. The van der Waals surface area contributed by atoms with Crippen molar-refractivity contribution < 1.29 is 13.9 Å². The topological polar surface area (TPSA) is 87.9 Å². The molecule has 2 aliphatic rings. The Kier molecular flexibility index (Phi) is 5.43. The molecule has 7 nitrogen and oxygen atoms in total. The van der Waals surface area contributed by atoms with E-state index in [9.17, 15) is 13.9 Å². The maximum absolute atomic E-state index is 14.3. The first-order valence-corrected chi connectivity index (χ1v) is 11.0. The first-order valence-electron chi connectivity index (χ1n) is 11.0. The van der Waals surface area contributed by atoms with Crippen molar-refractivity contribution in [2.75, 3.05) is 10.6 Å². The highest BCUT2D eigenvalue weighted by atomic mass is 19.1. The molecule has 0 amide bonds. The van der Waals surface area contributed by atoms with E-state index in [-0.39, 0.29) is 23.9 Å². The summed E-state index contributed by atoms with van der Waals surface area (Å²) in [7, 11) is 0. The zero-order chi connectivity index (χ0) is 21.4.